The molecule has 8 heteroatoms. The molecule has 1 aliphatic heterocycles. The van der Waals surface area contributed by atoms with Crippen LogP contribution in [-0.2, 0) is 0 Å². The number of carbonyl (C=O) groups is 1. The number of H-pyrrole nitrogens is 1. The summed E-state index contributed by atoms with van der Waals surface area (Å²) >= 11 is 0. The number of benzene rings is 2. The highest BCUT2D eigenvalue weighted by atomic mass is 16.5. The number of para-hydroxylation sites is 1. The highest BCUT2D eigenvalue weighted by Crippen LogP contribution is 2.45. The van der Waals surface area contributed by atoms with Crippen molar-refractivity contribution >= 4 is 5.91 Å². The maximum absolute atomic E-state index is 13.3. The molecule has 0 spiro atoms. The molecule has 0 saturated carbocycles. The summed E-state index contributed by atoms with van der Waals surface area (Å²) in [4.78, 5) is 15.0. The Hall–Kier alpha value is -3.52. The lowest BCUT2D eigenvalue weighted by atomic mass is 9.95. The number of aromatic amines is 1. The first kappa shape index (κ1) is 22.7. The van der Waals surface area contributed by atoms with Crippen LogP contribution in [0.5, 0.6) is 17.2 Å². The molecule has 8 nitrogen and oxygen atoms in total. The second-order valence-electron chi connectivity index (χ2n) is 8.47. The van der Waals surface area contributed by atoms with E-state index in [2.05, 4.69) is 24.0 Å². The number of ether oxygens (including phenoxy) is 2. The number of aliphatic hydroxyl groups is 1. The van der Waals surface area contributed by atoms with Crippen LogP contribution in [0.1, 0.15) is 47.9 Å². The molecule has 0 bridgehead atoms. The molecule has 0 radical (unpaired) electrons. The fourth-order valence-electron chi connectivity index (χ4n) is 4.12. The molecule has 3 N–H and O–H groups in total. The van der Waals surface area contributed by atoms with Crippen LogP contribution in [0.4, 0.5) is 0 Å². The Morgan fingerprint density at radius 3 is 2.67 bits per heavy atom. The van der Waals surface area contributed by atoms with E-state index in [1.165, 1.54) is 0 Å². The highest BCUT2D eigenvalue weighted by molar-refractivity contribution is 6.00. The molecule has 1 amide bonds. The summed E-state index contributed by atoms with van der Waals surface area (Å²) < 4.78 is 11.5. The number of phenolic OH excluding ortho intramolecular Hbond substituents is 1. The Morgan fingerprint density at radius 1 is 1.18 bits per heavy atom. The predicted molar refractivity (Wildman–Crippen MR) is 124 cm³/mol. The van der Waals surface area contributed by atoms with Crippen LogP contribution in [0.15, 0.2) is 42.5 Å². The van der Waals surface area contributed by atoms with Gasteiger partial charge in [0.2, 0.25) is 0 Å². The van der Waals surface area contributed by atoms with Crippen LogP contribution < -0.4 is 9.47 Å². The lowest BCUT2D eigenvalue weighted by Gasteiger charge is -2.27. The van der Waals surface area contributed by atoms with Crippen LogP contribution in [0.25, 0.3) is 11.3 Å². The number of rotatable bonds is 9. The Morgan fingerprint density at radius 2 is 1.97 bits per heavy atom. The van der Waals surface area contributed by atoms with E-state index in [0.29, 0.717) is 59.5 Å². The molecule has 1 aromatic heterocycles. The fourth-order valence-corrected chi connectivity index (χ4v) is 4.12. The van der Waals surface area contributed by atoms with Gasteiger partial charge in [0.25, 0.3) is 5.91 Å². The van der Waals surface area contributed by atoms with Crippen molar-refractivity contribution < 1.29 is 24.5 Å². The zero-order valence-corrected chi connectivity index (χ0v) is 19.0. The summed E-state index contributed by atoms with van der Waals surface area (Å²) in [5.74, 6) is 1.46. The third-order valence-electron chi connectivity index (χ3n) is 5.66. The molecule has 1 atom stereocenters. The van der Waals surface area contributed by atoms with E-state index in [1.54, 1.807) is 30.2 Å². The van der Waals surface area contributed by atoms with E-state index >= 15 is 0 Å². The Bertz CT molecular complexity index is 1140. The van der Waals surface area contributed by atoms with Crippen molar-refractivity contribution in [2.75, 3.05) is 26.9 Å². The van der Waals surface area contributed by atoms with Gasteiger partial charge >= 0.3 is 0 Å². The lowest BCUT2D eigenvalue weighted by molar-refractivity contribution is 0.0732. The molecule has 2 heterocycles. The molecule has 0 fully saturated rings. The fraction of sp³-hybridized carbons (Fsp3) is 0.360. The standard InChI is InChI=1S/C25H29N3O5/c1-15(2)14-33-19-10-9-16(13-20(19)32-3)24-21-22(17-7-4-5-8-18(17)30)26-27-23(21)25(31)28(24)11-6-12-29/h4-5,7-10,13,15,24,29-30H,6,11-12,14H2,1-3H3,(H,26,27)/t24-/m1/s1. The molecular weight excluding hydrogens is 422 g/mol. The number of carbonyl (C=O) groups excluding carboxylic acids is 1. The van der Waals surface area contributed by atoms with Crippen LogP contribution >= 0.6 is 0 Å². The van der Waals surface area contributed by atoms with Crippen molar-refractivity contribution in [2.45, 2.75) is 26.3 Å². The van der Waals surface area contributed by atoms with Gasteiger partial charge in [0.15, 0.2) is 11.5 Å². The Kier molecular flexibility index (Phi) is 6.55. The van der Waals surface area contributed by atoms with Crippen molar-refractivity contribution in [2.24, 2.45) is 5.92 Å². The van der Waals surface area contributed by atoms with Gasteiger partial charge in [-0.3, -0.25) is 9.89 Å². The number of phenols is 1. The first-order valence-electron chi connectivity index (χ1n) is 11.1. The molecule has 3 aromatic rings. The summed E-state index contributed by atoms with van der Waals surface area (Å²) in [5, 5.41) is 27.1. The number of hydrogen-bond acceptors (Lipinski definition) is 6. The van der Waals surface area contributed by atoms with Crippen LogP contribution in [0, 0.1) is 5.92 Å². The van der Waals surface area contributed by atoms with Gasteiger partial charge in [-0.1, -0.05) is 32.0 Å². The van der Waals surface area contributed by atoms with Crippen molar-refractivity contribution in [3.63, 3.8) is 0 Å². The van der Waals surface area contributed by atoms with Crippen molar-refractivity contribution in [3.8, 4) is 28.5 Å². The zero-order chi connectivity index (χ0) is 23.5. The van der Waals surface area contributed by atoms with Crippen molar-refractivity contribution in [3.05, 3.63) is 59.3 Å². The Labute approximate surface area is 192 Å². The van der Waals surface area contributed by atoms with Crippen LogP contribution in [-0.4, -0.2) is 58.1 Å². The maximum atomic E-state index is 13.3. The first-order valence-corrected chi connectivity index (χ1v) is 11.1. The van der Waals surface area contributed by atoms with Gasteiger partial charge in [-0.25, -0.2) is 0 Å². The third kappa shape index (κ3) is 4.26. The average Bonchev–Trinajstić information content (AvgIpc) is 3.35. The largest absolute Gasteiger partial charge is 0.507 e. The number of aromatic nitrogens is 2. The molecular formula is C25H29N3O5. The molecule has 0 saturated heterocycles. The monoisotopic (exact) mass is 451 g/mol. The van der Waals surface area contributed by atoms with E-state index in [-0.39, 0.29) is 18.3 Å². The molecule has 33 heavy (non-hydrogen) atoms. The average molecular weight is 452 g/mol. The normalized spacial score (nSPS) is 15.2. The quantitative estimate of drug-likeness (QED) is 0.457. The van der Waals surface area contributed by atoms with E-state index < -0.39 is 6.04 Å². The molecule has 174 valence electrons. The molecule has 2 aromatic carbocycles. The van der Waals surface area contributed by atoms with Gasteiger partial charge in [-0.05, 0) is 42.2 Å². The SMILES string of the molecule is COc1cc([C@@H]2c3c(-c4ccccc4O)n[nH]c3C(=O)N2CCCO)ccc1OCC(C)C. The van der Waals surface area contributed by atoms with Gasteiger partial charge in [0.1, 0.15) is 17.1 Å². The van der Waals surface area contributed by atoms with E-state index in [4.69, 9.17) is 9.47 Å². The molecule has 1 aliphatic rings. The number of nitrogens with one attached hydrogen (secondary N) is 1. The Balaban J connectivity index is 1.82. The third-order valence-corrected chi connectivity index (χ3v) is 5.66. The van der Waals surface area contributed by atoms with Gasteiger partial charge < -0.3 is 24.6 Å². The smallest absolute Gasteiger partial charge is 0.273 e. The highest BCUT2D eigenvalue weighted by Gasteiger charge is 2.42. The summed E-state index contributed by atoms with van der Waals surface area (Å²) in [6.45, 7) is 5.05. The summed E-state index contributed by atoms with van der Waals surface area (Å²) in [6.07, 6.45) is 0.443. The number of aliphatic hydroxyl groups excluding tert-OH is 1. The second kappa shape index (κ2) is 9.54. The van der Waals surface area contributed by atoms with Crippen LogP contribution in [0.2, 0.25) is 0 Å². The van der Waals surface area contributed by atoms with Gasteiger partial charge in [-0.2, -0.15) is 5.10 Å². The van der Waals surface area contributed by atoms with Gasteiger partial charge in [-0.15, -0.1) is 0 Å². The zero-order valence-electron chi connectivity index (χ0n) is 19.0. The summed E-state index contributed by atoms with van der Waals surface area (Å²) in [5.41, 5.74) is 2.97. The van der Waals surface area contributed by atoms with E-state index in [1.807, 2.05) is 24.3 Å². The van der Waals surface area contributed by atoms with Crippen LogP contribution in [0.3, 0.4) is 0 Å². The minimum atomic E-state index is -0.458. The van der Waals surface area contributed by atoms with Crippen molar-refractivity contribution in [1.82, 2.24) is 15.1 Å². The first-order chi connectivity index (χ1) is 16.0. The predicted octanol–water partition coefficient (Wildman–Crippen LogP) is 3.75. The van der Waals surface area contributed by atoms with E-state index in [9.17, 15) is 15.0 Å². The van der Waals surface area contributed by atoms with E-state index in [0.717, 1.165) is 5.56 Å². The number of methoxy groups -OCH3 is 1. The number of nitrogens with zero attached hydrogens (tertiary/aromatic N) is 2. The van der Waals surface area contributed by atoms with Gasteiger partial charge in [0.05, 0.1) is 19.8 Å². The maximum Gasteiger partial charge on any atom is 0.273 e. The second-order valence-corrected chi connectivity index (χ2v) is 8.47. The molecule has 4 rings (SSSR count). The summed E-state index contributed by atoms with van der Waals surface area (Å²) in [7, 11) is 1.58. The number of fused-ring (bicyclic) bond motifs is 1. The lowest BCUT2D eigenvalue weighted by Crippen LogP contribution is -2.31. The molecule has 0 unspecified atom stereocenters. The summed E-state index contributed by atoms with van der Waals surface area (Å²) in [6, 6.07) is 12.1. The van der Waals surface area contributed by atoms with Gasteiger partial charge in [0, 0.05) is 24.3 Å². The van der Waals surface area contributed by atoms with Crippen molar-refractivity contribution in [1.29, 1.82) is 0 Å². The number of hydrogen-bond donors (Lipinski definition) is 3. The number of amides is 1. The number of aromatic hydroxyl groups is 1. The minimum absolute atomic E-state index is 0.0275. The minimum Gasteiger partial charge on any atom is -0.507 e. The topological polar surface area (TPSA) is 108 Å². The molecule has 0 aliphatic carbocycles.